The number of hydrogen-bond acceptors (Lipinski definition) is 6. The lowest BCUT2D eigenvalue weighted by atomic mass is 9.90. The Bertz CT molecular complexity index is 1390. The quantitative estimate of drug-likeness (QED) is 0.316. The van der Waals surface area contributed by atoms with Crippen molar-refractivity contribution in [2.75, 3.05) is 4.90 Å². The number of hydrogen-bond donors (Lipinski definition) is 2. The van der Waals surface area contributed by atoms with Gasteiger partial charge in [-0.1, -0.05) is 56.0 Å². The number of amides is 2. The van der Waals surface area contributed by atoms with Crippen molar-refractivity contribution in [3.05, 3.63) is 53.7 Å². The van der Waals surface area contributed by atoms with Gasteiger partial charge >= 0.3 is 5.97 Å². The molecule has 3 aromatic rings. The SMILES string of the molecule is O=C(O)CC(CC1CCCC1)C(=O)N(c1nc(-c2ccccc2-c2ccc(C3CCC(=O)N3)nc2)cs1)C1CC1. The average molecular weight is 559 g/mol. The molecule has 0 bridgehead atoms. The van der Waals surface area contributed by atoms with E-state index in [0.717, 1.165) is 73.0 Å². The highest BCUT2D eigenvalue weighted by molar-refractivity contribution is 7.14. The molecule has 1 aromatic carbocycles. The molecule has 2 saturated carbocycles. The first-order valence-corrected chi connectivity index (χ1v) is 15.2. The van der Waals surface area contributed by atoms with Crippen LogP contribution in [0.3, 0.4) is 0 Å². The summed E-state index contributed by atoms with van der Waals surface area (Å²) in [6.07, 6.45) is 9.95. The van der Waals surface area contributed by atoms with Crippen molar-refractivity contribution in [1.29, 1.82) is 0 Å². The van der Waals surface area contributed by atoms with Gasteiger partial charge in [-0.05, 0) is 43.2 Å². The minimum absolute atomic E-state index is 0.0394. The third-order valence-electron chi connectivity index (χ3n) is 8.36. The highest BCUT2D eigenvalue weighted by Crippen LogP contribution is 2.40. The Morgan fingerprint density at radius 2 is 1.82 bits per heavy atom. The number of carbonyl (C=O) groups is 3. The van der Waals surface area contributed by atoms with Gasteiger partial charge < -0.3 is 10.4 Å². The molecule has 3 fully saturated rings. The molecule has 2 aromatic heterocycles. The molecule has 2 atom stereocenters. The van der Waals surface area contributed by atoms with Crippen LogP contribution in [0.5, 0.6) is 0 Å². The molecular weight excluding hydrogens is 524 g/mol. The van der Waals surface area contributed by atoms with E-state index in [1.54, 1.807) is 4.90 Å². The molecule has 6 rings (SSSR count). The van der Waals surface area contributed by atoms with Gasteiger partial charge in [-0.15, -0.1) is 11.3 Å². The molecule has 0 radical (unpaired) electrons. The van der Waals surface area contributed by atoms with Gasteiger partial charge in [0.1, 0.15) is 0 Å². The number of aromatic nitrogens is 2. The van der Waals surface area contributed by atoms with E-state index in [2.05, 4.69) is 10.3 Å². The van der Waals surface area contributed by atoms with E-state index < -0.39 is 11.9 Å². The van der Waals surface area contributed by atoms with Crippen molar-refractivity contribution < 1.29 is 19.5 Å². The third-order valence-corrected chi connectivity index (χ3v) is 9.20. The second kappa shape index (κ2) is 11.5. The molecule has 2 unspecified atom stereocenters. The Balaban J connectivity index is 1.25. The van der Waals surface area contributed by atoms with Gasteiger partial charge in [0.15, 0.2) is 5.13 Å². The standard InChI is InChI=1S/C31H34N4O4S/c36-28-14-13-26(33-28)25-12-9-20(17-32-25)23-7-3-4-8-24(23)27-18-40-31(34-27)35(22-10-11-22)30(39)21(16-29(37)38)15-19-5-1-2-6-19/h3-4,7-9,12,17-19,21-22,26H,1-2,5-6,10-11,13-16H2,(H,33,36)(H,37,38). The molecule has 3 aliphatic rings. The maximum absolute atomic E-state index is 13.8. The second-order valence-electron chi connectivity index (χ2n) is 11.3. The lowest BCUT2D eigenvalue weighted by Gasteiger charge is -2.26. The summed E-state index contributed by atoms with van der Waals surface area (Å²) in [6.45, 7) is 0. The summed E-state index contributed by atoms with van der Waals surface area (Å²) in [4.78, 5) is 48.5. The summed E-state index contributed by atoms with van der Waals surface area (Å²) in [5.41, 5.74) is 4.53. The van der Waals surface area contributed by atoms with Crippen LogP contribution < -0.4 is 10.2 Å². The fraction of sp³-hybridized carbons (Fsp3) is 0.452. The number of nitrogens with one attached hydrogen (secondary N) is 1. The molecule has 2 N–H and O–H groups in total. The van der Waals surface area contributed by atoms with E-state index in [1.165, 1.54) is 11.3 Å². The summed E-state index contributed by atoms with van der Waals surface area (Å²) >= 11 is 1.44. The van der Waals surface area contributed by atoms with Crippen LogP contribution in [0.2, 0.25) is 0 Å². The van der Waals surface area contributed by atoms with Crippen LogP contribution in [0.15, 0.2) is 48.0 Å². The first kappa shape index (κ1) is 26.6. The number of carboxylic acids is 1. The lowest BCUT2D eigenvalue weighted by molar-refractivity contribution is -0.141. The first-order chi connectivity index (χ1) is 19.5. The molecule has 9 heteroatoms. The summed E-state index contributed by atoms with van der Waals surface area (Å²) in [7, 11) is 0. The van der Waals surface area contributed by atoms with Gasteiger partial charge in [-0.2, -0.15) is 0 Å². The average Bonchev–Trinajstić information content (AvgIpc) is 3.31. The molecule has 2 amide bonds. The smallest absolute Gasteiger partial charge is 0.304 e. The van der Waals surface area contributed by atoms with Crippen LogP contribution in [0.4, 0.5) is 5.13 Å². The highest BCUT2D eigenvalue weighted by atomic mass is 32.1. The van der Waals surface area contributed by atoms with Crippen molar-refractivity contribution in [2.24, 2.45) is 11.8 Å². The third kappa shape index (κ3) is 5.80. The molecule has 40 heavy (non-hydrogen) atoms. The van der Waals surface area contributed by atoms with Crippen molar-refractivity contribution in [1.82, 2.24) is 15.3 Å². The van der Waals surface area contributed by atoms with E-state index in [0.29, 0.717) is 23.9 Å². The normalized spacial score (nSPS) is 19.9. The fourth-order valence-corrected chi connectivity index (χ4v) is 7.05. The Morgan fingerprint density at radius 3 is 2.48 bits per heavy atom. The van der Waals surface area contributed by atoms with Crippen LogP contribution in [0.1, 0.15) is 75.9 Å². The summed E-state index contributed by atoms with van der Waals surface area (Å²) in [5.74, 6) is -1.04. The van der Waals surface area contributed by atoms with Crippen molar-refractivity contribution in [3.63, 3.8) is 0 Å². The highest BCUT2D eigenvalue weighted by Gasteiger charge is 2.40. The van der Waals surface area contributed by atoms with E-state index in [4.69, 9.17) is 4.98 Å². The summed E-state index contributed by atoms with van der Waals surface area (Å²) < 4.78 is 0. The predicted octanol–water partition coefficient (Wildman–Crippen LogP) is 5.99. The number of thiazole rings is 1. The van der Waals surface area contributed by atoms with E-state index in [1.807, 2.05) is 48.0 Å². The molecular formula is C31H34N4O4S. The zero-order chi connectivity index (χ0) is 27.6. The first-order valence-electron chi connectivity index (χ1n) is 14.3. The number of aliphatic carboxylic acids is 1. The van der Waals surface area contributed by atoms with Crippen LogP contribution in [0, 0.1) is 11.8 Å². The van der Waals surface area contributed by atoms with E-state index in [9.17, 15) is 19.5 Å². The Hall–Kier alpha value is -3.59. The molecule has 8 nitrogen and oxygen atoms in total. The zero-order valence-electron chi connectivity index (χ0n) is 22.4. The number of rotatable bonds is 10. The fourth-order valence-electron chi connectivity index (χ4n) is 6.15. The molecule has 1 saturated heterocycles. The lowest BCUT2D eigenvalue weighted by Crippen LogP contribution is -2.39. The van der Waals surface area contributed by atoms with Crippen molar-refractivity contribution >= 4 is 34.3 Å². The Kier molecular flexibility index (Phi) is 7.65. The molecule has 1 aliphatic heterocycles. The number of pyridine rings is 1. The van der Waals surface area contributed by atoms with Gasteiger partial charge in [0.05, 0.1) is 23.9 Å². The molecule has 208 valence electrons. The van der Waals surface area contributed by atoms with Gasteiger partial charge in [0.2, 0.25) is 11.8 Å². The molecule has 2 aliphatic carbocycles. The van der Waals surface area contributed by atoms with Gasteiger partial charge in [0, 0.05) is 41.1 Å². The van der Waals surface area contributed by atoms with E-state index in [-0.39, 0.29) is 30.3 Å². The largest absolute Gasteiger partial charge is 0.481 e. The van der Waals surface area contributed by atoms with Crippen LogP contribution >= 0.6 is 11.3 Å². The van der Waals surface area contributed by atoms with Crippen molar-refractivity contribution in [2.45, 2.75) is 76.3 Å². The predicted molar refractivity (Wildman–Crippen MR) is 154 cm³/mol. The van der Waals surface area contributed by atoms with Crippen LogP contribution in [0.25, 0.3) is 22.4 Å². The van der Waals surface area contributed by atoms with Crippen molar-refractivity contribution in [3.8, 4) is 22.4 Å². The van der Waals surface area contributed by atoms with Gasteiger partial charge in [-0.3, -0.25) is 24.3 Å². The monoisotopic (exact) mass is 558 g/mol. The number of nitrogens with zero attached hydrogens (tertiary/aromatic N) is 3. The summed E-state index contributed by atoms with van der Waals surface area (Å²) in [5, 5.41) is 15.2. The minimum atomic E-state index is -0.921. The Labute approximate surface area is 237 Å². The van der Waals surface area contributed by atoms with E-state index >= 15 is 0 Å². The number of anilines is 1. The maximum Gasteiger partial charge on any atom is 0.304 e. The molecule has 0 spiro atoms. The number of carbonyl (C=O) groups excluding carboxylic acids is 2. The van der Waals surface area contributed by atoms with Gasteiger partial charge in [-0.25, -0.2) is 4.98 Å². The summed E-state index contributed by atoms with van der Waals surface area (Å²) in [6, 6.07) is 12.1. The zero-order valence-corrected chi connectivity index (χ0v) is 23.2. The topological polar surface area (TPSA) is 112 Å². The maximum atomic E-state index is 13.8. The minimum Gasteiger partial charge on any atom is -0.481 e. The Morgan fingerprint density at radius 1 is 1.05 bits per heavy atom. The van der Waals surface area contributed by atoms with Gasteiger partial charge in [0.25, 0.3) is 0 Å². The van der Waals surface area contributed by atoms with Crippen LogP contribution in [-0.2, 0) is 14.4 Å². The molecule has 3 heterocycles. The number of carboxylic acid groups (broad SMARTS) is 1. The van der Waals surface area contributed by atoms with Crippen LogP contribution in [-0.4, -0.2) is 38.9 Å². The second-order valence-corrected chi connectivity index (χ2v) is 12.1. The number of benzene rings is 1.